The van der Waals surface area contributed by atoms with Gasteiger partial charge in [-0.1, -0.05) is 27.7 Å². The molecule has 2 nitrogen and oxygen atoms in total. The third-order valence-electron chi connectivity index (χ3n) is 2.93. The van der Waals surface area contributed by atoms with Crippen LogP contribution in [0.25, 0.3) is 0 Å². The highest BCUT2D eigenvalue weighted by Crippen LogP contribution is 2.29. The van der Waals surface area contributed by atoms with Gasteiger partial charge in [-0.05, 0) is 43.2 Å². The third kappa shape index (κ3) is 4.14. The van der Waals surface area contributed by atoms with Crippen molar-refractivity contribution in [3.05, 3.63) is 11.3 Å². The topological polar surface area (TPSA) is 52.0 Å². The molecule has 0 amide bonds. The number of rotatable bonds is 4. The average Bonchev–Trinajstić information content (AvgIpc) is 2.10. The maximum absolute atomic E-state index is 6.13. The van der Waals surface area contributed by atoms with Crippen LogP contribution in [0.1, 0.15) is 47.5 Å². The van der Waals surface area contributed by atoms with Gasteiger partial charge in [-0.3, -0.25) is 0 Å². The van der Waals surface area contributed by atoms with Crippen molar-refractivity contribution >= 4 is 0 Å². The van der Waals surface area contributed by atoms with E-state index in [1.165, 1.54) is 5.57 Å². The molecule has 0 bridgehead atoms. The van der Waals surface area contributed by atoms with Crippen molar-refractivity contribution in [2.75, 3.05) is 6.54 Å². The smallest absolute Gasteiger partial charge is 0.0104 e. The SMILES string of the molecule is CC(=C(N)C(C)CCCN)C(C)(C)C. The number of hydrogen-bond donors (Lipinski definition) is 2. The van der Waals surface area contributed by atoms with Crippen molar-refractivity contribution in [1.29, 1.82) is 0 Å². The monoisotopic (exact) mass is 198 g/mol. The first-order valence-electron chi connectivity index (χ1n) is 5.47. The van der Waals surface area contributed by atoms with Crippen LogP contribution in [0.2, 0.25) is 0 Å². The molecule has 0 saturated carbocycles. The Bertz CT molecular complexity index is 199. The van der Waals surface area contributed by atoms with Gasteiger partial charge < -0.3 is 11.5 Å². The average molecular weight is 198 g/mol. The first kappa shape index (κ1) is 13.5. The predicted octanol–water partition coefficient (Wildman–Crippen LogP) is 2.64. The van der Waals surface area contributed by atoms with E-state index in [9.17, 15) is 0 Å². The summed E-state index contributed by atoms with van der Waals surface area (Å²) >= 11 is 0. The minimum atomic E-state index is 0.182. The zero-order chi connectivity index (χ0) is 11.4. The van der Waals surface area contributed by atoms with Gasteiger partial charge >= 0.3 is 0 Å². The molecular formula is C12H26N2. The Morgan fingerprint density at radius 2 is 1.79 bits per heavy atom. The van der Waals surface area contributed by atoms with Gasteiger partial charge in [-0.25, -0.2) is 0 Å². The summed E-state index contributed by atoms with van der Waals surface area (Å²) in [6.45, 7) is 11.7. The second-order valence-electron chi connectivity index (χ2n) is 5.16. The van der Waals surface area contributed by atoms with Crippen LogP contribution in [0, 0.1) is 11.3 Å². The van der Waals surface area contributed by atoms with Gasteiger partial charge in [0.05, 0.1) is 0 Å². The molecule has 0 spiro atoms. The lowest BCUT2D eigenvalue weighted by atomic mass is 9.83. The van der Waals surface area contributed by atoms with E-state index in [1.807, 2.05) is 0 Å². The summed E-state index contributed by atoms with van der Waals surface area (Å²) in [4.78, 5) is 0. The lowest BCUT2D eigenvalue weighted by Gasteiger charge is -2.25. The Kier molecular flexibility index (Phi) is 5.21. The molecule has 0 aliphatic carbocycles. The second kappa shape index (κ2) is 5.40. The fraction of sp³-hybridized carbons (Fsp3) is 0.833. The van der Waals surface area contributed by atoms with E-state index in [0.717, 1.165) is 25.1 Å². The molecule has 1 unspecified atom stereocenters. The first-order valence-corrected chi connectivity index (χ1v) is 5.47. The highest BCUT2D eigenvalue weighted by atomic mass is 14.6. The minimum Gasteiger partial charge on any atom is -0.402 e. The van der Waals surface area contributed by atoms with Crippen LogP contribution >= 0.6 is 0 Å². The normalized spacial score (nSPS) is 16.4. The summed E-state index contributed by atoms with van der Waals surface area (Å²) in [6.07, 6.45) is 2.15. The highest BCUT2D eigenvalue weighted by molar-refractivity contribution is 5.17. The van der Waals surface area contributed by atoms with Crippen LogP contribution in [0.15, 0.2) is 11.3 Å². The zero-order valence-corrected chi connectivity index (χ0v) is 10.4. The molecule has 84 valence electrons. The standard InChI is InChI=1S/C12H26N2/c1-9(7-6-8-13)11(14)10(2)12(3,4)5/h9H,6-8,13-14H2,1-5H3. The van der Waals surface area contributed by atoms with Crippen molar-refractivity contribution in [2.45, 2.75) is 47.5 Å². The fourth-order valence-corrected chi connectivity index (χ4v) is 1.38. The Labute approximate surface area is 88.7 Å². The summed E-state index contributed by atoms with van der Waals surface area (Å²) in [6, 6.07) is 0. The molecule has 0 saturated heterocycles. The fourth-order valence-electron chi connectivity index (χ4n) is 1.38. The van der Waals surface area contributed by atoms with E-state index in [0.29, 0.717) is 5.92 Å². The van der Waals surface area contributed by atoms with E-state index in [4.69, 9.17) is 11.5 Å². The Hall–Kier alpha value is -0.500. The Morgan fingerprint density at radius 3 is 2.14 bits per heavy atom. The molecular weight excluding hydrogens is 172 g/mol. The number of hydrogen-bond acceptors (Lipinski definition) is 2. The van der Waals surface area contributed by atoms with Crippen LogP contribution in [0.3, 0.4) is 0 Å². The van der Waals surface area contributed by atoms with Crippen LogP contribution in [-0.4, -0.2) is 6.54 Å². The number of allylic oxidation sites excluding steroid dienone is 2. The van der Waals surface area contributed by atoms with Gasteiger partial charge in [-0.15, -0.1) is 0 Å². The highest BCUT2D eigenvalue weighted by Gasteiger charge is 2.18. The molecule has 1 atom stereocenters. The zero-order valence-electron chi connectivity index (χ0n) is 10.4. The molecule has 0 aliphatic rings. The van der Waals surface area contributed by atoms with Crippen LogP contribution in [0.4, 0.5) is 0 Å². The van der Waals surface area contributed by atoms with Crippen molar-refractivity contribution in [2.24, 2.45) is 22.8 Å². The minimum absolute atomic E-state index is 0.182. The Balaban J connectivity index is 4.49. The Morgan fingerprint density at radius 1 is 1.29 bits per heavy atom. The molecule has 0 rings (SSSR count). The molecule has 0 fully saturated rings. The van der Waals surface area contributed by atoms with Gasteiger partial charge in [-0.2, -0.15) is 0 Å². The van der Waals surface area contributed by atoms with Gasteiger partial charge in [0.25, 0.3) is 0 Å². The van der Waals surface area contributed by atoms with Gasteiger partial charge in [0.15, 0.2) is 0 Å². The molecule has 0 aromatic heterocycles. The lowest BCUT2D eigenvalue weighted by Crippen LogP contribution is -2.19. The summed E-state index contributed by atoms with van der Waals surface area (Å²) in [7, 11) is 0. The predicted molar refractivity (Wildman–Crippen MR) is 63.8 cm³/mol. The molecule has 0 radical (unpaired) electrons. The van der Waals surface area contributed by atoms with Crippen LogP contribution < -0.4 is 11.5 Å². The molecule has 0 aromatic rings. The van der Waals surface area contributed by atoms with Gasteiger partial charge in [0.1, 0.15) is 0 Å². The summed E-state index contributed by atoms with van der Waals surface area (Å²) in [5.74, 6) is 0.456. The van der Waals surface area contributed by atoms with Crippen molar-refractivity contribution in [3.8, 4) is 0 Å². The van der Waals surface area contributed by atoms with E-state index >= 15 is 0 Å². The van der Waals surface area contributed by atoms with Crippen molar-refractivity contribution < 1.29 is 0 Å². The first-order chi connectivity index (χ1) is 6.30. The van der Waals surface area contributed by atoms with Crippen molar-refractivity contribution in [1.82, 2.24) is 0 Å². The van der Waals surface area contributed by atoms with Crippen LogP contribution in [0.5, 0.6) is 0 Å². The summed E-state index contributed by atoms with van der Waals surface area (Å²) < 4.78 is 0. The maximum Gasteiger partial charge on any atom is 0.0104 e. The quantitative estimate of drug-likeness (QED) is 0.729. The van der Waals surface area contributed by atoms with E-state index in [1.54, 1.807) is 0 Å². The summed E-state index contributed by atoms with van der Waals surface area (Å²) in [5.41, 5.74) is 14.1. The summed E-state index contributed by atoms with van der Waals surface area (Å²) in [5, 5.41) is 0. The molecule has 0 heterocycles. The molecule has 4 N–H and O–H groups in total. The van der Waals surface area contributed by atoms with E-state index in [-0.39, 0.29) is 5.41 Å². The molecule has 2 heteroatoms. The molecule has 0 aromatic carbocycles. The van der Waals surface area contributed by atoms with E-state index in [2.05, 4.69) is 34.6 Å². The lowest BCUT2D eigenvalue weighted by molar-refractivity contribution is 0.476. The number of nitrogens with two attached hydrogens (primary N) is 2. The molecule has 14 heavy (non-hydrogen) atoms. The van der Waals surface area contributed by atoms with E-state index < -0.39 is 0 Å². The van der Waals surface area contributed by atoms with Gasteiger partial charge in [0.2, 0.25) is 0 Å². The van der Waals surface area contributed by atoms with Gasteiger partial charge in [0, 0.05) is 5.70 Å². The maximum atomic E-state index is 6.13. The van der Waals surface area contributed by atoms with Crippen molar-refractivity contribution in [3.63, 3.8) is 0 Å². The largest absolute Gasteiger partial charge is 0.402 e. The second-order valence-corrected chi connectivity index (χ2v) is 5.16. The third-order valence-corrected chi connectivity index (χ3v) is 2.93. The molecule has 0 aliphatic heterocycles. The van der Waals surface area contributed by atoms with Crippen LogP contribution in [-0.2, 0) is 0 Å².